The normalized spacial score (nSPS) is 25.5. The number of nitrogens with zero attached hydrogens (tertiary/aromatic N) is 3. The minimum Gasteiger partial charge on any atom is -0.376 e. The lowest BCUT2D eigenvalue weighted by atomic mass is 10.1. The molecular weight excluding hydrogens is 214 g/mol. The number of rotatable bonds is 2. The van der Waals surface area contributed by atoms with E-state index in [1.807, 2.05) is 12.1 Å². The van der Waals surface area contributed by atoms with Crippen molar-refractivity contribution < 1.29 is 4.74 Å². The van der Waals surface area contributed by atoms with Crippen LogP contribution in [0.4, 0.5) is 0 Å². The van der Waals surface area contributed by atoms with Crippen molar-refractivity contribution >= 4 is 0 Å². The molecule has 1 aliphatic heterocycles. The van der Waals surface area contributed by atoms with Gasteiger partial charge >= 0.3 is 0 Å². The van der Waals surface area contributed by atoms with E-state index in [0.29, 0.717) is 11.7 Å². The van der Waals surface area contributed by atoms with Crippen LogP contribution in [0.1, 0.15) is 25.1 Å². The monoisotopic (exact) mass is 231 g/mol. The van der Waals surface area contributed by atoms with Crippen molar-refractivity contribution in [2.24, 2.45) is 0 Å². The second-order valence-corrected chi connectivity index (χ2v) is 4.55. The lowest BCUT2D eigenvalue weighted by Crippen LogP contribution is -2.46. The van der Waals surface area contributed by atoms with Crippen LogP contribution in [0.15, 0.2) is 18.3 Å². The second kappa shape index (κ2) is 5.26. The van der Waals surface area contributed by atoms with Crippen LogP contribution >= 0.6 is 0 Å². The molecular formula is C13H17N3O. The molecule has 0 saturated carbocycles. The van der Waals surface area contributed by atoms with Gasteiger partial charge in [0.2, 0.25) is 0 Å². The molecule has 0 bridgehead atoms. The van der Waals surface area contributed by atoms with Crippen molar-refractivity contribution in [1.29, 1.82) is 5.26 Å². The molecule has 0 amide bonds. The minimum absolute atomic E-state index is 0.258. The fraction of sp³-hybridized carbons (Fsp3) is 0.538. The molecule has 90 valence electrons. The summed E-state index contributed by atoms with van der Waals surface area (Å²) in [6.45, 7) is 6.65. The van der Waals surface area contributed by atoms with Gasteiger partial charge in [0.25, 0.3) is 0 Å². The van der Waals surface area contributed by atoms with Crippen LogP contribution in [0.25, 0.3) is 0 Å². The zero-order chi connectivity index (χ0) is 12.3. The van der Waals surface area contributed by atoms with E-state index in [4.69, 9.17) is 10.00 Å². The van der Waals surface area contributed by atoms with Gasteiger partial charge in [-0.3, -0.25) is 4.90 Å². The van der Waals surface area contributed by atoms with Gasteiger partial charge in [-0.15, -0.1) is 0 Å². The molecule has 2 rings (SSSR count). The maximum absolute atomic E-state index is 9.01. The smallest absolute Gasteiger partial charge is 0.144 e. The highest BCUT2D eigenvalue weighted by Gasteiger charge is 2.24. The van der Waals surface area contributed by atoms with Gasteiger partial charge < -0.3 is 4.74 Å². The number of ether oxygens (including phenoxy) is 1. The summed E-state index contributed by atoms with van der Waals surface area (Å²) in [4.78, 5) is 6.43. The number of hydrogen-bond donors (Lipinski definition) is 0. The van der Waals surface area contributed by atoms with Crippen LogP contribution in [0.5, 0.6) is 0 Å². The van der Waals surface area contributed by atoms with Crippen molar-refractivity contribution in [3.05, 3.63) is 29.6 Å². The Balaban J connectivity index is 2.12. The molecule has 17 heavy (non-hydrogen) atoms. The molecule has 2 heterocycles. The van der Waals surface area contributed by atoms with Crippen LogP contribution in [0.2, 0.25) is 0 Å². The molecule has 1 fully saturated rings. The summed E-state index contributed by atoms with van der Waals surface area (Å²) in [6.07, 6.45) is 1.92. The Kier molecular flexibility index (Phi) is 3.72. The Morgan fingerprint density at radius 2 is 2.41 bits per heavy atom. The first-order chi connectivity index (χ1) is 8.20. The molecule has 0 N–H and O–H groups in total. The summed E-state index contributed by atoms with van der Waals surface area (Å²) in [5.41, 5.74) is 1.52. The molecule has 2 unspecified atom stereocenters. The Morgan fingerprint density at radius 3 is 3.18 bits per heavy atom. The highest BCUT2D eigenvalue weighted by molar-refractivity contribution is 5.30. The third-order valence-electron chi connectivity index (χ3n) is 3.11. The van der Waals surface area contributed by atoms with Gasteiger partial charge in [0.1, 0.15) is 11.8 Å². The van der Waals surface area contributed by atoms with Crippen molar-refractivity contribution in [2.45, 2.75) is 32.5 Å². The maximum atomic E-state index is 9.01. The van der Waals surface area contributed by atoms with Crippen molar-refractivity contribution in [3.8, 4) is 6.07 Å². The van der Waals surface area contributed by atoms with Gasteiger partial charge in [0.15, 0.2) is 0 Å². The van der Waals surface area contributed by atoms with Crippen LogP contribution in [-0.4, -0.2) is 35.2 Å². The number of nitriles is 1. The van der Waals surface area contributed by atoms with E-state index in [2.05, 4.69) is 29.8 Å². The van der Waals surface area contributed by atoms with Crippen molar-refractivity contribution in [2.75, 3.05) is 13.2 Å². The third-order valence-corrected chi connectivity index (χ3v) is 3.11. The van der Waals surface area contributed by atoms with E-state index in [0.717, 1.165) is 25.3 Å². The quantitative estimate of drug-likeness (QED) is 0.775. The molecule has 0 aliphatic carbocycles. The predicted molar refractivity (Wildman–Crippen MR) is 64.2 cm³/mol. The number of aromatic nitrogens is 1. The maximum Gasteiger partial charge on any atom is 0.144 e. The summed E-state index contributed by atoms with van der Waals surface area (Å²) >= 11 is 0. The Morgan fingerprint density at radius 1 is 1.59 bits per heavy atom. The average Bonchev–Trinajstić information content (AvgIpc) is 2.34. The molecule has 1 aromatic heterocycles. The first-order valence-corrected chi connectivity index (χ1v) is 5.90. The van der Waals surface area contributed by atoms with Gasteiger partial charge in [-0.2, -0.15) is 5.26 Å². The standard InChI is InChI=1S/C13H17N3O/c1-10-9-17-11(2)7-16(10)8-12-4-3-5-15-13(12)6-14/h3-5,10-11H,7-9H2,1-2H3. The number of morpholine rings is 1. The summed E-state index contributed by atoms with van der Waals surface area (Å²) in [5, 5.41) is 9.01. The SMILES string of the molecule is CC1CN(Cc2cccnc2C#N)C(C)CO1. The van der Waals surface area contributed by atoms with Crippen molar-refractivity contribution in [3.63, 3.8) is 0 Å². The summed E-state index contributed by atoms with van der Waals surface area (Å²) in [7, 11) is 0. The van der Waals surface area contributed by atoms with E-state index >= 15 is 0 Å². The van der Waals surface area contributed by atoms with Crippen LogP contribution in [0, 0.1) is 11.3 Å². The molecule has 0 radical (unpaired) electrons. The molecule has 0 spiro atoms. The molecule has 1 saturated heterocycles. The highest BCUT2D eigenvalue weighted by atomic mass is 16.5. The number of hydrogen-bond acceptors (Lipinski definition) is 4. The van der Waals surface area contributed by atoms with Gasteiger partial charge in [-0.05, 0) is 19.9 Å². The van der Waals surface area contributed by atoms with E-state index in [1.54, 1.807) is 6.20 Å². The van der Waals surface area contributed by atoms with Crippen LogP contribution in [-0.2, 0) is 11.3 Å². The van der Waals surface area contributed by atoms with Gasteiger partial charge in [0.05, 0.1) is 12.7 Å². The molecule has 2 atom stereocenters. The average molecular weight is 231 g/mol. The lowest BCUT2D eigenvalue weighted by Gasteiger charge is -2.36. The topological polar surface area (TPSA) is 49.2 Å². The zero-order valence-electron chi connectivity index (χ0n) is 10.3. The van der Waals surface area contributed by atoms with E-state index < -0.39 is 0 Å². The highest BCUT2D eigenvalue weighted by Crippen LogP contribution is 2.16. The molecule has 4 heteroatoms. The van der Waals surface area contributed by atoms with E-state index in [1.165, 1.54) is 0 Å². The van der Waals surface area contributed by atoms with Crippen LogP contribution < -0.4 is 0 Å². The molecule has 1 aromatic rings. The Labute approximate surface area is 102 Å². The summed E-state index contributed by atoms with van der Waals surface area (Å²) in [5.74, 6) is 0. The number of pyridine rings is 1. The first-order valence-electron chi connectivity index (χ1n) is 5.90. The Bertz CT molecular complexity index is 427. The fourth-order valence-electron chi connectivity index (χ4n) is 2.08. The predicted octanol–water partition coefficient (Wildman–Crippen LogP) is 1.56. The van der Waals surface area contributed by atoms with Crippen molar-refractivity contribution in [1.82, 2.24) is 9.88 Å². The lowest BCUT2D eigenvalue weighted by molar-refractivity contribution is -0.0527. The van der Waals surface area contributed by atoms with Gasteiger partial charge in [-0.1, -0.05) is 6.07 Å². The van der Waals surface area contributed by atoms with E-state index in [-0.39, 0.29) is 6.10 Å². The summed E-state index contributed by atoms with van der Waals surface area (Å²) < 4.78 is 5.59. The molecule has 4 nitrogen and oxygen atoms in total. The van der Waals surface area contributed by atoms with Crippen LogP contribution in [0.3, 0.4) is 0 Å². The Hall–Kier alpha value is -1.44. The molecule has 0 aromatic carbocycles. The largest absolute Gasteiger partial charge is 0.376 e. The first kappa shape index (κ1) is 12.0. The third kappa shape index (κ3) is 2.82. The fourth-order valence-corrected chi connectivity index (χ4v) is 2.08. The van der Waals surface area contributed by atoms with Gasteiger partial charge in [-0.25, -0.2) is 4.98 Å². The zero-order valence-corrected chi connectivity index (χ0v) is 10.3. The van der Waals surface area contributed by atoms with Gasteiger partial charge in [0, 0.05) is 30.9 Å². The molecule has 1 aliphatic rings. The minimum atomic E-state index is 0.258. The summed E-state index contributed by atoms with van der Waals surface area (Å²) in [6, 6.07) is 6.38. The van der Waals surface area contributed by atoms with E-state index in [9.17, 15) is 0 Å². The second-order valence-electron chi connectivity index (χ2n) is 4.55.